The second kappa shape index (κ2) is 6.13. The Morgan fingerprint density at radius 3 is 2.62 bits per heavy atom. The van der Waals surface area contributed by atoms with E-state index in [2.05, 4.69) is 5.32 Å². The third-order valence-electron chi connectivity index (χ3n) is 3.80. The number of sulfonamides is 1. The van der Waals surface area contributed by atoms with Crippen LogP contribution in [0.15, 0.2) is 17.0 Å². The van der Waals surface area contributed by atoms with Crippen LogP contribution < -0.4 is 10.5 Å². The normalized spacial score (nSPS) is 16.6. The van der Waals surface area contributed by atoms with Crippen molar-refractivity contribution in [2.24, 2.45) is 5.14 Å². The number of hydrogen-bond acceptors (Lipinski definition) is 4. The first-order valence-electron chi connectivity index (χ1n) is 6.95. The molecule has 1 fully saturated rings. The van der Waals surface area contributed by atoms with Crippen molar-refractivity contribution in [1.29, 1.82) is 0 Å². The Kier molecular flexibility index (Phi) is 4.65. The first kappa shape index (κ1) is 15.9. The summed E-state index contributed by atoms with van der Waals surface area (Å²) in [5.41, 5.74) is 1.72. The Morgan fingerprint density at radius 2 is 1.95 bits per heavy atom. The predicted molar refractivity (Wildman–Crippen MR) is 80.7 cm³/mol. The van der Waals surface area contributed by atoms with Crippen molar-refractivity contribution < 1.29 is 13.2 Å². The van der Waals surface area contributed by atoms with Crippen molar-refractivity contribution in [2.75, 3.05) is 26.2 Å². The number of aryl methyl sites for hydroxylation is 1. The van der Waals surface area contributed by atoms with E-state index in [9.17, 15) is 13.2 Å². The number of primary sulfonamides is 1. The molecule has 0 saturated carbocycles. The number of nitrogens with two attached hydrogens (primary N) is 1. The van der Waals surface area contributed by atoms with Gasteiger partial charge in [0.2, 0.25) is 10.0 Å². The van der Waals surface area contributed by atoms with Crippen LogP contribution in [-0.4, -0.2) is 45.4 Å². The number of amides is 1. The molecule has 0 aromatic heterocycles. The lowest BCUT2D eigenvalue weighted by atomic mass is 10.1. The van der Waals surface area contributed by atoms with Gasteiger partial charge in [0.15, 0.2) is 0 Å². The van der Waals surface area contributed by atoms with Gasteiger partial charge in [0, 0.05) is 25.2 Å². The zero-order chi connectivity index (χ0) is 15.6. The van der Waals surface area contributed by atoms with E-state index in [-0.39, 0.29) is 10.8 Å². The molecule has 1 heterocycles. The molecule has 0 aliphatic carbocycles. The summed E-state index contributed by atoms with van der Waals surface area (Å²) in [4.78, 5) is 14.3. The molecule has 116 valence electrons. The molecule has 2 rings (SSSR count). The summed E-state index contributed by atoms with van der Waals surface area (Å²) in [6.07, 6.45) is 0.888. The molecule has 0 unspecified atom stereocenters. The minimum absolute atomic E-state index is 0.0267. The average Bonchev–Trinajstić information content (AvgIpc) is 2.68. The van der Waals surface area contributed by atoms with Gasteiger partial charge in [-0.2, -0.15) is 0 Å². The number of benzene rings is 1. The number of hydrogen-bond donors (Lipinski definition) is 2. The Morgan fingerprint density at radius 1 is 1.24 bits per heavy atom. The van der Waals surface area contributed by atoms with E-state index < -0.39 is 10.0 Å². The van der Waals surface area contributed by atoms with Crippen LogP contribution in [0.2, 0.25) is 0 Å². The van der Waals surface area contributed by atoms with Crippen LogP contribution in [0.25, 0.3) is 0 Å². The molecule has 1 amide bonds. The average molecular weight is 311 g/mol. The third-order valence-corrected chi connectivity index (χ3v) is 4.84. The summed E-state index contributed by atoms with van der Waals surface area (Å²) in [5, 5.41) is 8.47. The molecule has 0 bridgehead atoms. The fourth-order valence-electron chi connectivity index (χ4n) is 2.48. The molecule has 1 aliphatic rings. The minimum Gasteiger partial charge on any atom is -0.337 e. The van der Waals surface area contributed by atoms with E-state index in [4.69, 9.17) is 5.14 Å². The van der Waals surface area contributed by atoms with Gasteiger partial charge < -0.3 is 10.2 Å². The lowest BCUT2D eigenvalue weighted by molar-refractivity contribution is 0.0766. The summed E-state index contributed by atoms with van der Waals surface area (Å²) in [5.74, 6) is -0.147. The molecular formula is C14H21N3O3S. The zero-order valence-electron chi connectivity index (χ0n) is 12.3. The van der Waals surface area contributed by atoms with Crippen LogP contribution in [0.3, 0.4) is 0 Å². The Labute approximate surface area is 125 Å². The summed E-state index contributed by atoms with van der Waals surface area (Å²) >= 11 is 0. The smallest absolute Gasteiger partial charge is 0.253 e. The highest BCUT2D eigenvalue weighted by molar-refractivity contribution is 7.89. The van der Waals surface area contributed by atoms with Gasteiger partial charge in [0.25, 0.3) is 5.91 Å². The predicted octanol–water partition coefficient (Wildman–Crippen LogP) is 0.386. The molecule has 1 saturated heterocycles. The quantitative estimate of drug-likeness (QED) is 0.826. The third kappa shape index (κ3) is 3.61. The summed E-state index contributed by atoms with van der Waals surface area (Å²) in [6, 6.07) is 3.11. The van der Waals surface area contributed by atoms with E-state index >= 15 is 0 Å². The topological polar surface area (TPSA) is 92.5 Å². The lowest BCUT2D eigenvalue weighted by Crippen LogP contribution is -2.34. The van der Waals surface area contributed by atoms with Gasteiger partial charge in [-0.25, -0.2) is 13.6 Å². The van der Waals surface area contributed by atoms with Gasteiger partial charge in [0.05, 0.1) is 4.90 Å². The molecule has 7 heteroatoms. The molecule has 3 N–H and O–H groups in total. The highest BCUT2D eigenvalue weighted by atomic mass is 32.2. The Bertz CT molecular complexity index is 648. The molecule has 0 radical (unpaired) electrons. The minimum atomic E-state index is -3.83. The van der Waals surface area contributed by atoms with E-state index in [1.165, 1.54) is 6.07 Å². The number of nitrogens with zero attached hydrogens (tertiary/aromatic N) is 1. The fourth-order valence-corrected chi connectivity index (χ4v) is 3.36. The molecule has 21 heavy (non-hydrogen) atoms. The SMILES string of the molecule is Cc1cc(C(=O)N2CCCNCC2)cc(S(N)(=O)=O)c1C. The summed E-state index contributed by atoms with van der Waals surface area (Å²) in [6.45, 7) is 6.40. The van der Waals surface area contributed by atoms with E-state index in [0.717, 1.165) is 25.1 Å². The second-order valence-corrected chi connectivity index (χ2v) is 6.89. The molecule has 6 nitrogen and oxygen atoms in total. The molecule has 0 spiro atoms. The molecule has 0 atom stereocenters. The largest absolute Gasteiger partial charge is 0.337 e. The first-order valence-corrected chi connectivity index (χ1v) is 8.49. The van der Waals surface area contributed by atoms with Gasteiger partial charge in [-0.3, -0.25) is 4.79 Å². The second-order valence-electron chi connectivity index (χ2n) is 5.36. The van der Waals surface area contributed by atoms with Gasteiger partial charge in [-0.05, 0) is 50.1 Å². The Hall–Kier alpha value is -1.44. The number of nitrogens with one attached hydrogen (secondary N) is 1. The van der Waals surface area contributed by atoms with E-state index in [0.29, 0.717) is 24.2 Å². The van der Waals surface area contributed by atoms with Crippen molar-refractivity contribution in [1.82, 2.24) is 10.2 Å². The van der Waals surface area contributed by atoms with Crippen LogP contribution >= 0.6 is 0 Å². The number of carbonyl (C=O) groups is 1. The van der Waals surface area contributed by atoms with E-state index in [1.54, 1.807) is 24.8 Å². The van der Waals surface area contributed by atoms with Crippen LogP contribution in [-0.2, 0) is 10.0 Å². The summed E-state index contributed by atoms with van der Waals surface area (Å²) < 4.78 is 23.3. The zero-order valence-corrected chi connectivity index (χ0v) is 13.2. The van der Waals surface area contributed by atoms with E-state index in [1.807, 2.05) is 0 Å². The monoisotopic (exact) mass is 311 g/mol. The molecule has 1 aromatic rings. The van der Waals surface area contributed by atoms with Crippen molar-refractivity contribution in [3.05, 3.63) is 28.8 Å². The lowest BCUT2D eigenvalue weighted by Gasteiger charge is -2.21. The fraction of sp³-hybridized carbons (Fsp3) is 0.500. The van der Waals surface area contributed by atoms with Crippen molar-refractivity contribution in [3.8, 4) is 0 Å². The number of carbonyl (C=O) groups excluding carboxylic acids is 1. The molecular weight excluding hydrogens is 290 g/mol. The highest BCUT2D eigenvalue weighted by Gasteiger charge is 2.21. The van der Waals surface area contributed by atoms with Crippen molar-refractivity contribution >= 4 is 15.9 Å². The number of rotatable bonds is 2. The summed E-state index contributed by atoms with van der Waals surface area (Å²) in [7, 11) is -3.83. The maximum atomic E-state index is 12.6. The highest BCUT2D eigenvalue weighted by Crippen LogP contribution is 2.21. The standard InChI is InChI=1S/C14H21N3O3S/c1-10-8-12(9-13(11(10)2)21(15,19)20)14(18)17-6-3-4-16-5-7-17/h8-9,16H,3-7H2,1-2H3,(H2,15,19,20). The maximum absolute atomic E-state index is 12.6. The van der Waals surface area contributed by atoms with Crippen molar-refractivity contribution in [3.63, 3.8) is 0 Å². The Balaban J connectivity index is 2.39. The van der Waals surface area contributed by atoms with Crippen LogP contribution in [0.4, 0.5) is 0 Å². The van der Waals surface area contributed by atoms with Crippen LogP contribution in [0.5, 0.6) is 0 Å². The van der Waals surface area contributed by atoms with Gasteiger partial charge >= 0.3 is 0 Å². The molecule has 1 aliphatic heterocycles. The van der Waals surface area contributed by atoms with Crippen LogP contribution in [0.1, 0.15) is 27.9 Å². The van der Waals surface area contributed by atoms with Crippen LogP contribution in [0, 0.1) is 13.8 Å². The van der Waals surface area contributed by atoms with Gasteiger partial charge in [-0.1, -0.05) is 0 Å². The molecule has 1 aromatic carbocycles. The first-order chi connectivity index (χ1) is 9.80. The maximum Gasteiger partial charge on any atom is 0.253 e. The van der Waals surface area contributed by atoms with Crippen molar-refractivity contribution in [2.45, 2.75) is 25.2 Å². The van der Waals surface area contributed by atoms with Gasteiger partial charge in [-0.15, -0.1) is 0 Å². The van der Waals surface area contributed by atoms with Gasteiger partial charge in [0.1, 0.15) is 0 Å².